The van der Waals surface area contributed by atoms with E-state index in [9.17, 15) is 28.1 Å². The molecule has 1 aromatic carbocycles. The van der Waals surface area contributed by atoms with Gasteiger partial charge in [-0.05, 0) is 24.3 Å². The highest BCUT2D eigenvalue weighted by Crippen LogP contribution is 2.30. The summed E-state index contributed by atoms with van der Waals surface area (Å²) >= 11 is 0. The zero-order valence-corrected chi connectivity index (χ0v) is 16.6. The summed E-state index contributed by atoms with van der Waals surface area (Å²) in [5.41, 5.74) is -0.568. The summed E-state index contributed by atoms with van der Waals surface area (Å²) < 4.78 is 39.6. The van der Waals surface area contributed by atoms with Gasteiger partial charge in [0.1, 0.15) is 11.5 Å². The summed E-state index contributed by atoms with van der Waals surface area (Å²) in [6.45, 7) is 1.36. The molecule has 166 valence electrons. The normalized spacial score (nSPS) is 14.5. The van der Waals surface area contributed by atoms with E-state index in [4.69, 9.17) is 0 Å². The first kappa shape index (κ1) is 21.3. The van der Waals surface area contributed by atoms with Crippen LogP contribution in [0.1, 0.15) is 15.9 Å². The molecule has 0 aliphatic carbocycles. The van der Waals surface area contributed by atoms with Gasteiger partial charge in [0.2, 0.25) is 0 Å². The first-order valence-corrected chi connectivity index (χ1v) is 9.58. The highest BCUT2D eigenvalue weighted by Gasteiger charge is 2.31. The predicted molar refractivity (Wildman–Crippen MR) is 108 cm³/mol. The molecule has 0 atom stereocenters. The Kier molecular flexibility index (Phi) is 5.51. The van der Waals surface area contributed by atoms with E-state index in [1.165, 1.54) is 41.4 Å². The number of carbonyl (C=O) groups excluding carboxylic acids is 1. The number of pyridine rings is 1. The summed E-state index contributed by atoms with van der Waals surface area (Å²) in [5.74, 6) is 0.0377. The summed E-state index contributed by atoms with van der Waals surface area (Å²) in [6, 6.07) is 6.53. The number of carbonyl (C=O) groups is 1. The van der Waals surface area contributed by atoms with E-state index in [0.29, 0.717) is 37.7 Å². The number of hydrogen-bond acceptors (Lipinski definition) is 6. The third-order valence-electron chi connectivity index (χ3n) is 5.17. The Balaban J connectivity index is 1.45. The Hall–Kier alpha value is -3.96. The average Bonchev–Trinajstić information content (AvgIpc) is 3.32. The molecule has 0 saturated carbocycles. The zero-order valence-electron chi connectivity index (χ0n) is 16.6. The van der Waals surface area contributed by atoms with E-state index in [1.54, 1.807) is 16.0 Å². The zero-order chi connectivity index (χ0) is 22.9. The number of amides is 1. The molecule has 1 amide bonds. The summed E-state index contributed by atoms with van der Waals surface area (Å²) in [7, 11) is 0. The largest absolute Gasteiger partial charge is 0.417 e. The van der Waals surface area contributed by atoms with Crippen LogP contribution in [-0.4, -0.2) is 56.4 Å². The lowest BCUT2D eigenvalue weighted by Gasteiger charge is -2.35. The molecule has 4 rings (SSSR count). The molecular formula is C20H17F3N6O3. The first-order valence-electron chi connectivity index (χ1n) is 9.58. The number of benzene rings is 1. The number of hydrogen-bond donors (Lipinski definition) is 0. The van der Waals surface area contributed by atoms with E-state index in [-0.39, 0.29) is 17.2 Å². The van der Waals surface area contributed by atoms with Gasteiger partial charge >= 0.3 is 6.18 Å². The van der Waals surface area contributed by atoms with Gasteiger partial charge in [0.25, 0.3) is 11.6 Å². The average molecular weight is 446 g/mol. The maximum Gasteiger partial charge on any atom is 0.417 e. The van der Waals surface area contributed by atoms with Crippen molar-refractivity contribution in [2.45, 2.75) is 6.18 Å². The van der Waals surface area contributed by atoms with E-state index in [2.05, 4.69) is 9.97 Å². The van der Waals surface area contributed by atoms with Crippen molar-refractivity contribution in [3.05, 3.63) is 76.5 Å². The topological polar surface area (TPSA) is 97.4 Å². The SMILES string of the molecule is O=C(c1ccc(-n2ccnc2)c([N+](=O)[O-])c1)N1CCN(c2ccc(C(F)(F)F)cn2)CC1. The number of nitro benzene ring substituents is 1. The number of alkyl halides is 3. The van der Waals surface area contributed by atoms with Gasteiger partial charge in [0.15, 0.2) is 0 Å². The van der Waals surface area contributed by atoms with Crippen LogP contribution < -0.4 is 4.90 Å². The van der Waals surface area contributed by atoms with Crippen LogP contribution in [0.3, 0.4) is 0 Å². The Morgan fingerprint density at radius 3 is 2.41 bits per heavy atom. The van der Waals surface area contributed by atoms with Crippen LogP contribution in [0.25, 0.3) is 5.69 Å². The molecule has 12 heteroatoms. The van der Waals surface area contributed by atoms with Crippen LogP contribution in [0, 0.1) is 10.1 Å². The fourth-order valence-corrected chi connectivity index (χ4v) is 3.48. The van der Waals surface area contributed by atoms with Crippen LogP contribution in [0.4, 0.5) is 24.7 Å². The first-order chi connectivity index (χ1) is 15.2. The summed E-state index contributed by atoms with van der Waals surface area (Å²) in [6.07, 6.45) is 0.824. The van der Waals surface area contributed by atoms with Crippen LogP contribution >= 0.6 is 0 Å². The van der Waals surface area contributed by atoms with Crippen LogP contribution in [0.2, 0.25) is 0 Å². The molecular weight excluding hydrogens is 429 g/mol. The molecule has 3 aromatic rings. The molecule has 0 N–H and O–H groups in total. The number of piperazine rings is 1. The molecule has 1 aliphatic heterocycles. The lowest BCUT2D eigenvalue weighted by molar-refractivity contribution is -0.384. The Morgan fingerprint density at radius 2 is 1.84 bits per heavy atom. The smallest absolute Gasteiger partial charge is 0.353 e. The van der Waals surface area contributed by atoms with Gasteiger partial charge in [0.05, 0.1) is 16.8 Å². The van der Waals surface area contributed by atoms with E-state index < -0.39 is 16.7 Å². The Labute approximate surface area is 179 Å². The van der Waals surface area contributed by atoms with Gasteiger partial charge in [-0.1, -0.05) is 0 Å². The minimum absolute atomic E-state index is 0.182. The van der Waals surface area contributed by atoms with Crippen molar-refractivity contribution in [3.8, 4) is 5.69 Å². The van der Waals surface area contributed by atoms with Crippen molar-refractivity contribution in [1.29, 1.82) is 0 Å². The molecule has 3 heterocycles. The molecule has 0 unspecified atom stereocenters. The lowest BCUT2D eigenvalue weighted by Crippen LogP contribution is -2.49. The van der Waals surface area contributed by atoms with Crippen molar-refractivity contribution in [3.63, 3.8) is 0 Å². The standard InChI is InChI=1S/C20H17F3N6O3/c21-20(22,23)15-2-4-18(25-12-15)26-7-9-27(10-8-26)19(30)14-1-3-16(17(11-14)29(31)32)28-6-5-24-13-28/h1-6,11-13H,7-10H2. The third kappa shape index (κ3) is 4.24. The second-order valence-electron chi connectivity index (χ2n) is 7.11. The fourth-order valence-electron chi connectivity index (χ4n) is 3.48. The van der Waals surface area contributed by atoms with Crippen LogP contribution in [0.5, 0.6) is 0 Å². The van der Waals surface area contributed by atoms with Gasteiger partial charge in [0, 0.05) is 56.4 Å². The molecule has 0 bridgehead atoms. The quantitative estimate of drug-likeness (QED) is 0.451. The van der Waals surface area contributed by atoms with Gasteiger partial charge < -0.3 is 14.4 Å². The van der Waals surface area contributed by atoms with Crippen molar-refractivity contribution in [2.75, 3.05) is 31.1 Å². The molecule has 32 heavy (non-hydrogen) atoms. The highest BCUT2D eigenvalue weighted by atomic mass is 19.4. The van der Waals surface area contributed by atoms with E-state index in [1.807, 2.05) is 0 Å². The number of anilines is 1. The minimum Gasteiger partial charge on any atom is -0.353 e. The maximum atomic E-state index is 12.9. The van der Waals surface area contributed by atoms with Crippen molar-refractivity contribution in [2.24, 2.45) is 0 Å². The van der Waals surface area contributed by atoms with E-state index >= 15 is 0 Å². The number of nitro groups is 1. The number of rotatable bonds is 4. The van der Waals surface area contributed by atoms with Crippen LogP contribution in [-0.2, 0) is 6.18 Å². The lowest BCUT2D eigenvalue weighted by atomic mass is 10.1. The number of halogens is 3. The van der Waals surface area contributed by atoms with Crippen molar-refractivity contribution >= 4 is 17.4 Å². The molecule has 1 saturated heterocycles. The fraction of sp³-hybridized carbons (Fsp3) is 0.250. The Bertz CT molecular complexity index is 1120. The van der Waals surface area contributed by atoms with Gasteiger partial charge in [-0.25, -0.2) is 9.97 Å². The second-order valence-corrected chi connectivity index (χ2v) is 7.11. The number of imidazole rings is 1. The van der Waals surface area contributed by atoms with Crippen molar-refractivity contribution < 1.29 is 22.9 Å². The molecule has 1 fully saturated rings. The van der Waals surface area contributed by atoms with Gasteiger partial charge in [-0.15, -0.1) is 0 Å². The minimum atomic E-state index is -4.45. The van der Waals surface area contributed by atoms with Crippen LogP contribution in [0.15, 0.2) is 55.2 Å². The van der Waals surface area contributed by atoms with Gasteiger partial charge in [-0.2, -0.15) is 13.2 Å². The highest BCUT2D eigenvalue weighted by molar-refractivity contribution is 5.95. The predicted octanol–water partition coefficient (Wildman–Crippen LogP) is 3.16. The summed E-state index contributed by atoms with van der Waals surface area (Å²) in [5, 5.41) is 11.5. The number of aromatic nitrogens is 3. The van der Waals surface area contributed by atoms with Gasteiger partial charge in [-0.3, -0.25) is 14.9 Å². The maximum absolute atomic E-state index is 12.9. The van der Waals surface area contributed by atoms with E-state index in [0.717, 1.165) is 12.3 Å². The van der Waals surface area contributed by atoms with Crippen molar-refractivity contribution in [1.82, 2.24) is 19.4 Å². The molecule has 1 aliphatic rings. The third-order valence-corrected chi connectivity index (χ3v) is 5.17. The Morgan fingerprint density at radius 1 is 1.09 bits per heavy atom. The summed E-state index contributed by atoms with van der Waals surface area (Å²) in [4.78, 5) is 35.0. The monoisotopic (exact) mass is 446 g/mol. The molecule has 0 spiro atoms. The number of nitrogens with zero attached hydrogens (tertiary/aromatic N) is 6. The second kappa shape index (κ2) is 8.29. The molecule has 0 radical (unpaired) electrons. The molecule has 2 aromatic heterocycles. The molecule has 9 nitrogen and oxygen atoms in total.